The Labute approximate surface area is 156 Å². The van der Waals surface area contributed by atoms with Gasteiger partial charge in [-0.1, -0.05) is 18.2 Å². The first-order valence-corrected chi connectivity index (χ1v) is 8.38. The third-order valence-electron chi connectivity index (χ3n) is 4.38. The highest BCUT2D eigenvalue weighted by Crippen LogP contribution is 2.26. The van der Waals surface area contributed by atoms with Crippen LogP contribution in [0.25, 0.3) is 22.8 Å². The van der Waals surface area contributed by atoms with Crippen LogP contribution >= 0.6 is 0 Å². The summed E-state index contributed by atoms with van der Waals surface area (Å²) in [6.45, 7) is 0.542. The Morgan fingerprint density at radius 3 is 2.71 bits per heavy atom. The van der Waals surface area contributed by atoms with Gasteiger partial charge in [0.15, 0.2) is 5.82 Å². The summed E-state index contributed by atoms with van der Waals surface area (Å²) in [6.07, 6.45) is -2.82. The maximum Gasteiger partial charge on any atom is 0.454 e. The van der Waals surface area contributed by atoms with E-state index >= 15 is 0 Å². The minimum atomic E-state index is -4.95. The number of carbonyl (C=O) groups is 2. The van der Waals surface area contributed by atoms with Crippen molar-refractivity contribution in [2.45, 2.75) is 12.6 Å². The van der Waals surface area contributed by atoms with Crippen LogP contribution in [0.2, 0.25) is 0 Å². The lowest BCUT2D eigenvalue weighted by molar-refractivity contribution is -0.0885. The van der Waals surface area contributed by atoms with Gasteiger partial charge in [0.1, 0.15) is 0 Å². The van der Waals surface area contributed by atoms with E-state index in [0.29, 0.717) is 29.9 Å². The van der Waals surface area contributed by atoms with Crippen molar-refractivity contribution in [2.24, 2.45) is 0 Å². The van der Waals surface area contributed by atoms with Crippen LogP contribution in [0, 0.1) is 0 Å². The van der Waals surface area contributed by atoms with Gasteiger partial charge in [-0.15, -0.1) is 0 Å². The van der Waals surface area contributed by atoms with Crippen LogP contribution in [0.4, 0.5) is 13.2 Å². The molecule has 0 spiro atoms. The van der Waals surface area contributed by atoms with Gasteiger partial charge in [-0.25, -0.2) is 9.97 Å². The second-order valence-corrected chi connectivity index (χ2v) is 6.25. The fraction of sp³-hybridized carbons (Fsp3) is 0.158. The number of aromatic nitrogens is 3. The maximum atomic E-state index is 12.7. The Morgan fingerprint density at radius 2 is 1.96 bits per heavy atom. The monoisotopic (exact) mass is 386 g/mol. The Balaban J connectivity index is 1.70. The molecule has 0 saturated carbocycles. The van der Waals surface area contributed by atoms with Crippen molar-refractivity contribution in [3.63, 3.8) is 0 Å². The first-order valence-electron chi connectivity index (χ1n) is 8.38. The van der Waals surface area contributed by atoms with Crippen LogP contribution in [-0.4, -0.2) is 39.4 Å². The molecular formula is C19H13F3N4O2. The van der Waals surface area contributed by atoms with E-state index in [4.69, 9.17) is 0 Å². The third-order valence-corrected chi connectivity index (χ3v) is 4.38. The Morgan fingerprint density at radius 1 is 1.14 bits per heavy atom. The van der Waals surface area contributed by atoms with Crippen LogP contribution < -0.4 is 5.32 Å². The van der Waals surface area contributed by atoms with E-state index in [-0.39, 0.29) is 17.3 Å². The van der Waals surface area contributed by atoms with Gasteiger partial charge < -0.3 is 10.3 Å². The van der Waals surface area contributed by atoms with Gasteiger partial charge in [0, 0.05) is 36.0 Å². The predicted molar refractivity (Wildman–Crippen MR) is 93.7 cm³/mol. The van der Waals surface area contributed by atoms with E-state index in [1.807, 2.05) is 0 Å². The molecule has 3 aromatic rings. The van der Waals surface area contributed by atoms with Gasteiger partial charge in [0.05, 0.1) is 17.0 Å². The minimum absolute atomic E-state index is 0.170. The number of hydrogen-bond acceptors (Lipinski definition) is 4. The summed E-state index contributed by atoms with van der Waals surface area (Å²) in [6, 6.07) is 8.40. The van der Waals surface area contributed by atoms with Gasteiger partial charge in [-0.3, -0.25) is 9.59 Å². The number of nitrogens with one attached hydrogen (secondary N) is 2. The van der Waals surface area contributed by atoms with Crippen molar-refractivity contribution >= 4 is 11.7 Å². The summed E-state index contributed by atoms with van der Waals surface area (Å²) in [5.74, 6) is -1.92. The number of benzene rings is 1. The highest BCUT2D eigenvalue weighted by atomic mass is 19.4. The number of halogens is 3. The first-order chi connectivity index (χ1) is 13.3. The average Bonchev–Trinajstić information content (AvgIpc) is 3.13. The number of carbonyl (C=O) groups excluding carboxylic acids is 2. The SMILES string of the molecule is O=C1NCCc2[nH]c(-c3ccnc(-c4cccc(C(=O)C(F)(F)F)c4)n3)cc21. The number of fused-ring (bicyclic) bond motifs is 1. The number of amides is 1. The zero-order chi connectivity index (χ0) is 19.9. The number of rotatable bonds is 3. The van der Waals surface area contributed by atoms with Gasteiger partial charge in [0.2, 0.25) is 0 Å². The van der Waals surface area contributed by atoms with E-state index in [2.05, 4.69) is 20.3 Å². The summed E-state index contributed by atoms with van der Waals surface area (Å²) in [7, 11) is 0. The van der Waals surface area contributed by atoms with Crippen molar-refractivity contribution in [3.8, 4) is 22.8 Å². The molecule has 3 heterocycles. The Kier molecular flexibility index (Phi) is 4.21. The van der Waals surface area contributed by atoms with Crippen LogP contribution in [0.1, 0.15) is 26.4 Å². The second kappa shape index (κ2) is 6.59. The Bertz CT molecular complexity index is 1090. The molecule has 0 saturated heterocycles. The number of aromatic amines is 1. The van der Waals surface area contributed by atoms with E-state index < -0.39 is 17.5 Å². The van der Waals surface area contributed by atoms with E-state index in [9.17, 15) is 22.8 Å². The molecule has 1 amide bonds. The number of H-pyrrole nitrogens is 1. The molecule has 6 nitrogen and oxygen atoms in total. The molecule has 1 aliphatic heterocycles. The van der Waals surface area contributed by atoms with Crippen molar-refractivity contribution < 1.29 is 22.8 Å². The fourth-order valence-electron chi connectivity index (χ4n) is 3.04. The summed E-state index contributed by atoms with van der Waals surface area (Å²) in [5.41, 5.74) is 2.24. The number of nitrogens with zero attached hydrogens (tertiary/aromatic N) is 2. The van der Waals surface area contributed by atoms with Crippen molar-refractivity contribution in [3.05, 3.63) is 59.4 Å². The molecule has 2 aromatic heterocycles. The smallest absolute Gasteiger partial charge is 0.356 e. The zero-order valence-corrected chi connectivity index (χ0v) is 14.3. The molecular weight excluding hydrogens is 373 g/mol. The van der Waals surface area contributed by atoms with E-state index in [1.165, 1.54) is 18.3 Å². The zero-order valence-electron chi connectivity index (χ0n) is 14.3. The Hall–Kier alpha value is -3.49. The average molecular weight is 386 g/mol. The molecule has 0 fully saturated rings. The summed E-state index contributed by atoms with van der Waals surface area (Å²) in [5, 5.41) is 2.75. The molecule has 0 radical (unpaired) electrons. The minimum Gasteiger partial charge on any atom is -0.356 e. The lowest BCUT2D eigenvalue weighted by atomic mass is 10.1. The fourth-order valence-corrected chi connectivity index (χ4v) is 3.04. The summed E-state index contributed by atoms with van der Waals surface area (Å²) in [4.78, 5) is 35.0. The molecule has 0 aliphatic carbocycles. The van der Waals surface area contributed by atoms with Gasteiger partial charge in [-0.05, 0) is 18.2 Å². The van der Waals surface area contributed by atoms with Crippen LogP contribution in [0.15, 0.2) is 42.6 Å². The molecule has 1 aliphatic rings. The summed E-state index contributed by atoms with van der Waals surface area (Å²) >= 11 is 0. The lowest BCUT2D eigenvalue weighted by Crippen LogP contribution is -2.31. The van der Waals surface area contributed by atoms with E-state index in [0.717, 1.165) is 17.8 Å². The largest absolute Gasteiger partial charge is 0.454 e. The molecule has 4 rings (SSSR count). The number of ketones is 1. The second-order valence-electron chi connectivity index (χ2n) is 6.25. The van der Waals surface area contributed by atoms with Gasteiger partial charge in [0.25, 0.3) is 11.7 Å². The molecule has 28 heavy (non-hydrogen) atoms. The highest BCUT2D eigenvalue weighted by molar-refractivity contribution is 6.01. The molecule has 1 aromatic carbocycles. The van der Waals surface area contributed by atoms with Crippen molar-refractivity contribution in [2.75, 3.05) is 6.54 Å². The molecule has 0 unspecified atom stereocenters. The van der Waals surface area contributed by atoms with Gasteiger partial charge >= 0.3 is 6.18 Å². The molecule has 142 valence electrons. The number of hydrogen-bond donors (Lipinski definition) is 2. The molecule has 2 N–H and O–H groups in total. The van der Waals surface area contributed by atoms with Crippen LogP contribution in [0.3, 0.4) is 0 Å². The van der Waals surface area contributed by atoms with Gasteiger partial charge in [-0.2, -0.15) is 13.2 Å². The number of alkyl halides is 3. The summed E-state index contributed by atoms with van der Waals surface area (Å²) < 4.78 is 38.0. The van der Waals surface area contributed by atoms with E-state index in [1.54, 1.807) is 12.1 Å². The highest BCUT2D eigenvalue weighted by Gasteiger charge is 2.39. The van der Waals surface area contributed by atoms with Crippen LogP contribution in [-0.2, 0) is 6.42 Å². The van der Waals surface area contributed by atoms with Crippen molar-refractivity contribution in [1.29, 1.82) is 0 Å². The molecule has 9 heteroatoms. The predicted octanol–water partition coefficient (Wildman–Crippen LogP) is 3.17. The molecule has 0 atom stereocenters. The third kappa shape index (κ3) is 3.26. The van der Waals surface area contributed by atoms with Crippen molar-refractivity contribution in [1.82, 2.24) is 20.3 Å². The quantitative estimate of drug-likeness (QED) is 0.677. The lowest BCUT2D eigenvalue weighted by Gasteiger charge is -2.10. The molecule has 0 bridgehead atoms. The van der Waals surface area contributed by atoms with Crippen LogP contribution in [0.5, 0.6) is 0 Å². The topological polar surface area (TPSA) is 87.7 Å². The standard InChI is InChI=1S/C19H13F3N4O2/c20-19(21,22)16(27)10-2-1-3-11(8-10)17-23-6-5-14(26-17)15-9-12-13(25-15)4-7-24-18(12)28/h1-3,5-6,8-9,25H,4,7H2,(H,24,28). The number of Topliss-reactive ketones (excluding diaryl/α,β-unsaturated/α-hetero) is 1. The first kappa shape index (κ1) is 17.9. The normalized spacial score (nSPS) is 13.8. The maximum absolute atomic E-state index is 12.7.